The first kappa shape index (κ1) is 15.9. The minimum Gasteiger partial charge on any atom is -0.352 e. The highest BCUT2D eigenvalue weighted by Crippen LogP contribution is 2.25. The van der Waals surface area contributed by atoms with E-state index in [1.807, 2.05) is 31.4 Å². The van der Waals surface area contributed by atoms with Crippen LogP contribution in [-0.2, 0) is 4.79 Å². The standard InChI is InChI=1S/C14H20N4OS2/c1-4-6-9(2)15-13(19)10(3)18-12(16-17-14(18)20)11-7-5-8-21-11/h5,7-10H,4,6H2,1-3H3,(H,15,19)(H,17,20)/t9-,10+/m0/s1. The van der Waals surface area contributed by atoms with E-state index in [2.05, 4.69) is 22.4 Å². The zero-order valence-electron chi connectivity index (χ0n) is 12.4. The Morgan fingerprint density at radius 3 is 2.95 bits per heavy atom. The average Bonchev–Trinajstić information content (AvgIpc) is 3.06. The van der Waals surface area contributed by atoms with Crippen molar-refractivity contribution in [3.63, 3.8) is 0 Å². The third-order valence-corrected chi connectivity index (χ3v) is 4.48. The van der Waals surface area contributed by atoms with Gasteiger partial charge in [-0.1, -0.05) is 19.4 Å². The van der Waals surface area contributed by atoms with Gasteiger partial charge in [0.15, 0.2) is 10.6 Å². The van der Waals surface area contributed by atoms with Gasteiger partial charge in [-0.05, 0) is 43.9 Å². The molecule has 0 bridgehead atoms. The molecule has 0 saturated heterocycles. The van der Waals surface area contributed by atoms with E-state index in [4.69, 9.17) is 12.2 Å². The molecular formula is C14H20N4OS2. The molecule has 21 heavy (non-hydrogen) atoms. The molecule has 2 heterocycles. The predicted octanol–water partition coefficient (Wildman–Crippen LogP) is 3.53. The molecule has 2 N–H and O–H groups in total. The summed E-state index contributed by atoms with van der Waals surface area (Å²) >= 11 is 6.85. The van der Waals surface area contributed by atoms with Crippen LogP contribution in [-0.4, -0.2) is 26.7 Å². The largest absolute Gasteiger partial charge is 0.352 e. The molecule has 0 aliphatic heterocycles. The van der Waals surface area contributed by atoms with E-state index in [0.717, 1.165) is 17.7 Å². The zero-order chi connectivity index (χ0) is 15.4. The molecule has 5 nitrogen and oxygen atoms in total. The molecule has 0 radical (unpaired) electrons. The lowest BCUT2D eigenvalue weighted by molar-refractivity contribution is -0.124. The van der Waals surface area contributed by atoms with Gasteiger partial charge >= 0.3 is 0 Å². The van der Waals surface area contributed by atoms with Crippen LogP contribution in [0.25, 0.3) is 10.7 Å². The number of nitrogens with one attached hydrogen (secondary N) is 2. The fraction of sp³-hybridized carbons (Fsp3) is 0.500. The molecule has 2 atom stereocenters. The Labute approximate surface area is 133 Å². The number of hydrogen-bond donors (Lipinski definition) is 2. The second kappa shape index (κ2) is 7.00. The molecule has 2 aromatic rings. The maximum absolute atomic E-state index is 12.4. The highest BCUT2D eigenvalue weighted by atomic mass is 32.1. The molecule has 0 saturated carbocycles. The molecule has 0 aliphatic rings. The van der Waals surface area contributed by atoms with Gasteiger partial charge in [-0.15, -0.1) is 11.3 Å². The minimum absolute atomic E-state index is 0.0359. The second-order valence-electron chi connectivity index (χ2n) is 5.07. The van der Waals surface area contributed by atoms with Crippen LogP contribution < -0.4 is 5.32 Å². The summed E-state index contributed by atoms with van der Waals surface area (Å²) in [4.78, 5) is 13.4. The smallest absolute Gasteiger partial charge is 0.243 e. The number of H-pyrrole nitrogens is 1. The third kappa shape index (κ3) is 3.59. The normalized spacial score (nSPS) is 13.9. The quantitative estimate of drug-likeness (QED) is 0.799. The fourth-order valence-corrected chi connectivity index (χ4v) is 3.23. The van der Waals surface area contributed by atoms with Crippen molar-refractivity contribution in [2.75, 3.05) is 0 Å². The molecule has 0 spiro atoms. The summed E-state index contributed by atoms with van der Waals surface area (Å²) in [6.07, 6.45) is 2.01. The Balaban J connectivity index is 2.23. The monoisotopic (exact) mass is 324 g/mol. The number of nitrogens with zero attached hydrogens (tertiary/aromatic N) is 2. The van der Waals surface area contributed by atoms with Crippen LogP contribution in [0, 0.1) is 4.77 Å². The second-order valence-corrected chi connectivity index (χ2v) is 6.41. The summed E-state index contributed by atoms with van der Waals surface area (Å²) in [6, 6.07) is 3.69. The van der Waals surface area contributed by atoms with Gasteiger partial charge in [-0.25, -0.2) is 0 Å². The number of carbonyl (C=O) groups is 1. The summed E-state index contributed by atoms with van der Waals surface area (Å²) in [7, 11) is 0. The van der Waals surface area contributed by atoms with E-state index in [1.54, 1.807) is 15.9 Å². The Morgan fingerprint density at radius 1 is 1.57 bits per heavy atom. The number of amides is 1. The van der Waals surface area contributed by atoms with Crippen LogP contribution in [0.4, 0.5) is 0 Å². The highest BCUT2D eigenvalue weighted by molar-refractivity contribution is 7.71. The Morgan fingerprint density at radius 2 is 2.33 bits per heavy atom. The molecule has 114 valence electrons. The fourth-order valence-electron chi connectivity index (χ4n) is 2.23. The van der Waals surface area contributed by atoms with Crippen molar-refractivity contribution >= 4 is 29.5 Å². The van der Waals surface area contributed by atoms with Crippen LogP contribution in [0.1, 0.15) is 39.7 Å². The Hall–Kier alpha value is -1.47. The molecule has 1 amide bonds. The van der Waals surface area contributed by atoms with Crippen molar-refractivity contribution < 1.29 is 4.79 Å². The van der Waals surface area contributed by atoms with Crippen LogP contribution >= 0.6 is 23.6 Å². The van der Waals surface area contributed by atoms with Gasteiger partial charge in [0.2, 0.25) is 5.91 Å². The van der Waals surface area contributed by atoms with Gasteiger partial charge < -0.3 is 5.32 Å². The van der Waals surface area contributed by atoms with E-state index < -0.39 is 6.04 Å². The number of rotatable bonds is 6. The lowest BCUT2D eigenvalue weighted by atomic mass is 10.2. The lowest BCUT2D eigenvalue weighted by Gasteiger charge is -2.18. The third-order valence-electron chi connectivity index (χ3n) is 3.32. The van der Waals surface area contributed by atoms with Gasteiger partial charge in [0.1, 0.15) is 6.04 Å². The van der Waals surface area contributed by atoms with E-state index in [9.17, 15) is 4.79 Å². The number of thiophene rings is 1. The van der Waals surface area contributed by atoms with Crippen LogP contribution in [0.15, 0.2) is 17.5 Å². The predicted molar refractivity (Wildman–Crippen MR) is 87.9 cm³/mol. The van der Waals surface area contributed by atoms with Crippen LogP contribution in [0.2, 0.25) is 0 Å². The van der Waals surface area contributed by atoms with E-state index in [0.29, 0.717) is 10.6 Å². The molecule has 0 aliphatic carbocycles. The summed E-state index contributed by atoms with van der Waals surface area (Å²) in [5.41, 5.74) is 0. The Bertz CT molecular complexity index is 644. The molecule has 0 fully saturated rings. The van der Waals surface area contributed by atoms with Crippen LogP contribution in [0.5, 0.6) is 0 Å². The van der Waals surface area contributed by atoms with Gasteiger partial charge in [-0.3, -0.25) is 14.5 Å². The SMILES string of the molecule is CCC[C@H](C)NC(=O)[C@@H](C)n1c(-c2cccs2)n[nH]c1=S. The van der Waals surface area contributed by atoms with Gasteiger partial charge in [0.25, 0.3) is 0 Å². The number of aromatic nitrogens is 3. The minimum atomic E-state index is -0.396. The van der Waals surface area contributed by atoms with E-state index >= 15 is 0 Å². The molecule has 7 heteroatoms. The van der Waals surface area contributed by atoms with Crippen LogP contribution in [0.3, 0.4) is 0 Å². The van der Waals surface area contributed by atoms with E-state index in [1.165, 1.54) is 0 Å². The maximum Gasteiger partial charge on any atom is 0.243 e. The number of aromatic amines is 1. The summed E-state index contributed by atoms with van der Waals surface area (Å²) < 4.78 is 2.24. The number of carbonyl (C=O) groups excluding carboxylic acids is 1. The average molecular weight is 324 g/mol. The van der Waals surface area contributed by atoms with Crippen molar-refractivity contribution in [2.45, 2.75) is 45.7 Å². The highest BCUT2D eigenvalue weighted by Gasteiger charge is 2.22. The molecule has 0 aromatic carbocycles. The molecular weight excluding hydrogens is 304 g/mol. The summed E-state index contributed by atoms with van der Waals surface area (Å²) in [5, 5.41) is 12.0. The lowest BCUT2D eigenvalue weighted by Crippen LogP contribution is -2.37. The van der Waals surface area contributed by atoms with Crippen molar-refractivity contribution in [1.29, 1.82) is 0 Å². The van der Waals surface area contributed by atoms with Crippen molar-refractivity contribution in [3.05, 3.63) is 22.3 Å². The molecule has 2 aromatic heterocycles. The van der Waals surface area contributed by atoms with Gasteiger partial charge in [0.05, 0.1) is 4.88 Å². The number of hydrogen-bond acceptors (Lipinski definition) is 4. The summed E-state index contributed by atoms with van der Waals surface area (Å²) in [5.74, 6) is 0.673. The first-order chi connectivity index (χ1) is 10.0. The zero-order valence-corrected chi connectivity index (χ0v) is 14.1. The first-order valence-corrected chi connectivity index (χ1v) is 8.34. The maximum atomic E-state index is 12.4. The van der Waals surface area contributed by atoms with Crippen molar-refractivity contribution in [1.82, 2.24) is 20.1 Å². The van der Waals surface area contributed by atoms with E-state index in [-0.39, 0.29) is 11.9 Å². The summed E-state index contributed by atoms with van der Waals surface area (Å²) in [6.45, 7) is 5.96. The van der Waals surface area contributed by atoms with Gasteiger partial charge in [-0.2, -0.15) is 5.10 Å². The molecule has 2 rings (SSSR count). The van der Waals surface area contributed by atoms with Crippen molar-refractivity contribution in [3.8, 4) is 10.7 Å². The van der Waals surface area contributed by atoms with Crippen molar-refractivity contribution in [2.24, 2.45) is 0 Å². The first-order valence-electron chi connectivity index (χ1n) is 7.05. The Kier molecular flexibility index (Phi) is 5.30. The topological polar surface area (TPSA) is 62.7 Å². The molecule has 0 unspecified atom stereocenters. The van der Waals surface area contributed by atoms with Gasteiger partial charge in [0, 0.05) is 6.04 Å².